The molecule has 0 fully saturated rings. The molecule has 1 aromatic carbocycles. The molecule has 1 heterocycles. The number of hydrogen-bond acceptors (Lipinski definition) is 3. The Morgan fingerprint density at radius 3 is 2.43 bits per heavy atom. The third-order valence-corrected chi connectivity index (χ3v) is 3.46. The summed E-state index contributed by atoms with van der Waals surface area (Å²) < 4.78 is 0. The molecule has 2 amide bonds. The first-order chi connectivity index (χ1) is 11.1. The van der Waals surface area contributed by atoms with E-state index in [2.05, 4.69) is 15.6 Å². The molecule has 0 bridgehead atoms. The van der Waals surface area contributed by atoms with Gasteiger partial charge in [-0.25, -0.2) is 0 Å². The number of hydrogen-bond donors (Lipinski definition) is 2. The van der Waals surface area contributed by atoms with Gasteiger partial charge in [-0.3, -0.25) is 14.6 Å². The van der Waals surface area contributed by atoms with E-state index in [1.807, 2.05) is 32.0 Å². The molecular weight excluding hydrogens is 290 g/mol. The Balaban J connectivity index is 1.97. The molecule has 0 saturated carbocycles. The summed E-state index contributed by atoms with van der Waals surface area (Å²) in [4.78, 5) is 28.6. The second kappa shape index (κ2) is 8.08. The molecular formula is C18H21N3O2. The van der Waals surface area contributed by atoms with Crippen LogP contribution >= 0.6 is 0 Å². The first-order valence-electron chi connectivity index (χ1n) is 7.60. The molecule has 0 aliphatic heterocycles. The van der Waals surface area contributed by atoms with Crippen molar-refractivity contribution in [3.8, 4) is 0 Å². The van der Waals surface area contributed by atoms with Gasteiger partial charge in [-0.2, -0.15) is 0 Å². The van der Waals surface area contributed by atoms with E-state index in [9.17, 15) is 9.59 Å². The summed E-state index contributed by atoms with van der Waals surface area (Å²) in [5, 5.41) is 5.65. The summed E-state index contributed by atoms with van der Waals surface area (Å²) in [5.74, 6) is -0.467. The smallest absolute Gasteiger partial charge is 0.251 e. The molecule has 5 nitrogen and oxygen atoms in total. The van der Waals surface area contributed by atoms with E-state index in [1.165, 1.54) is 0 Å². The molecule has 23 heavy (non-hydrogen) atoms. The normalized spacial score (nSPS) is 11.8. The van der Waals surface area contributed by atoms with Crippen molar-refractivity contribution in [2.45, 2.75) is 26.4 Å². The van der Waals surface area contributed by atoms with E-state index in [0.717, 1.165) is 5.56 Å². The van der Waals surface area contributed by atoms with Crippen LogP contribution in [0.4, 0.5) is 0 Å². The predicted molar refractivity (Wildman–Crippen MR) is 88.6 cm³/mol. The zero-order valence-electron chi connectivity index (χ0n) is 13.3. The second-order valence-corrected chi connectivity index (χ2v) is 5.64. The second-order valence-electron chi connectivity index (χ2n) is 5.64. The molecule has 2 rings (SSSR count). The molecule has 2 N–H and O–H groups in total. The van der Waals surface area contributed by atoms with Crippen molar-refractivity contribution in [1.82, 2.24) is 15.6 Å². The van der Waals surface area contributed by atoms with E-state index >= 15 is 0 Å². The number of pyridine rings is 1. The van der Waals surface area contributed by atoms with E-state index in [4.69, 9.17) is 0 Å². The van der Waals surface area contributed by atoms with Crippen molar-refractivity contribution in [2.75, 3.05) is 0 Å². The van der Waals surface area contributed by atoms with Gasteiger partial charge < -0.3 is 10.6 Å². The lowest BCUT2D eigenvalue weighted by Crippen LogP contribution is -2.49. The minimum Gasteiger partial charge on any atom is -0.350 e. The van der Waals surface area contributed by atoms with Crippen LogP contribution in [0.5, 0.6) is 0 Å². The van der Waals surface area contributed by atoms with Crippen LogP contribution in [0.1, 0.15) is 29.8 Å². The number of benzene rings is 1. The number of carbonyl (C=O) groups is 2. The van der Waals surface area contributed by atoms with Crippen molar-refractivity contribution >= 4 is 11.8 Å². The Labute approximate surface area is 136 Å². The van der Waals surface area contributed by atoms with E-state index < -0.39 is 6.04 Å². The van der Waals surface area contributed by atoms with E-state index in [-0.39, 0.29) is 17.7 Å². The van der Waals surface area contributed by atoms with Crippen LogP contribution in [0.3, 0.4) is 0 Å². The number of amides is 2. The predicted octanol–water partition coefficient (Wildman–Crippen LogP) is 2.15. The van der Waals surface area contributed by atoms with Crippen LogP contribution in [0, 0.1) is 5.92 Å². The molecule has 0 aliphatic rings. The first kappa shape index (κ1) is 16.7. The maximum absolute atomic E-state index is 12.4. The molecule has 2 aromatic rings. The average molecular weight is 311 g/mol. The van der Waals surface area contributed by atoms with Crippen LogP contribution in [0.2, 0.25) is 0 Å². The molecule has 0 saturated heterocycles. The Bertz CT molecular complexity index is 642. The fraction of sp³-hybridized carbons (Fsp3) is 0.278. The lowest BCUT2D eigenvalue weighted by Gasteiger charge is -2.21. The standard InChI is InChI=1S/C18H21N3O2/c1-13(2)16(21-17(22)15-8-4-3-5-9-15)18(23)20-12-14-7-6-10-19-11-14/h3-11,13,16H,12H2,1-2H3,(H,20,23)(H,21,22)/t16-/m0/s1. The monoisotopic (exact) mass is 311 g/mol. The molecule has 0 radical (unpaired) electrons. The number of aromatic nitrogens is 1. The van der Waals surface area contributed by atoms with Crippen LogP contribution in [-0.2, 0) is 11.3 Å². The molecule has 1 atom stereocenters. The van der Waals surface area contributed by atoms with Crippen LogP contribution in [-0.4, -0.2) is 22.8 Å². The quantitative estimate of drug-likeness (QED) is 0.858. The van der Waals surface area contributed by atoms with Gasteiger partial charge in [0.15, 0.2) is 0 Å². The van der Waals surface area contributed by atoms with Gasteiger partial charge in [-0.15, -0.1) is 0 Å². The highest BCUT2D eigenvalue weighted by molar-refractivity contribution is 5.97. The fourth-order valence-corrected chi connectivity index (χ4v) is 2.15. The highest BCUT2D eigenvalue weighted by Crippen LogP contribution is 2.06. The number of nitrogens with zero attached hydrogens (tertiary/aromatic N) is 1. The molecule has 0 unspecified atom stereocenters. The average Bonchev–Trinajstić information content (AvgIpc) is 2.58. The Morgan fingerprint density at radius 2 is 1.83 bits per heavy atom. The van der Waals surface area contributed by atoms with Gasteiger partial charge in [0, 0.05) is 24.5 Å². The van der Waals surface area contributed by atoms with E-state index in [0.29, 0.717) is 12.1 Å². The van der Waals surface area contributed by atoms with Crippen molar-refractivity contribution < 1.29 is 9.59 Å². The van der Waals surface area contributed by atoms with Gasteiger partial charge in [0.25, 0.3) is 5.91 Å². The van der Waals surface area contributed by atoms with Crippen LogP contribution in [0.15, 0.2) is 54.9 Å². The maximum Gasteiger partial charge on any atom is 0.251 e. The lowest BCUT2D eigenvalue weighted by molar-refractivity contribution is -0.124. The molecule has 0 spiro atoms. The molecule has 5 heteroatoms. The lowest BCUT2D eigenvalue weighted by atomic mass is 10.0. The Kier molecular flexibility index (Phi) is 5.86. The van der Waals surface area contributed by atoms with E-state index in [1.54, 1.807) is 36.7 Å². The number of carbonyl (C=O) groups excluding carboxylic acids is 2. The molecule has 0 aliphatic carbocycles. The summed E-state index contributed by atoms with van der Waals surface area (Å²) in [6.45, 7) is 4.19. The minimum atomic E-state index is -0.584. The summed E-state index contributed by atoms with van der Waals surface area (Å²) >= 11 is 0. The Morgan fingerprint density at radius 1 is 1.09 bits per heavy atom. The van der Waals surface area contributed by atoms with Gasteiger partial charge in [0.05, 0.1) is 0 Å². The van der Waals surface area contributed by atoms with Gasteiger partial charge in [-0.1, -0.05) is 38.1 Å². The number of rotatable bonds is 6. The zero-order chi connectivity index (χ0) is 16.7. The topological polar surface area (TPSA) is 71.1 Å². The van der Waals surface area contributed by atoms with Gasteiger partial charge in [0.1, 0.15) is 6.04 Å². The van der Waals surface area contributed by atoms with Crippen LogP contribution in [0.25, 0.3) is 0 Å². The highest BCUT2D eigenvalue weighted by atomic mass is 16.2. The summed E-state index contributed by atoms with van der Waals surface area (Å²) in [7, 11) is 0. The van der Waals surface area contributed by atoms with Crippen molar-refractivity contribution in [1.29, 1.82) is 0 Å². The van der Waals surface area contributed by atoms with Crippen molar-refractivity contribution in [3.05, 3.63) is 66.0 Å². The van der Waals surface area contributed by atoms with Crippen molar-refractivity contribution in [2.24, 2.45) is 5.92 Å². The van der Waals surface area contributed by atoms with Crippen molar-refractivity contribution in [3.63, 3.8) is 0 Å². The van der Waals surface area contributed by atoms with Gasteiger partial charge in [-0.05, 0) is 29.7 Å². The third-order valence-electron chi connectivity index (χ3n) is 3.46. The maximum atomic E-state index is 12.4. The number of nitrogens with one attached hydrogen (secondary N) is 2. The van der Waals surface area contributed by atoms with Gasteiger partial charge in [0.2, 0.25) is 5.91 Å². The highest BCUT2D eigenvalue weighted by Gasteiger charge is 2.24. The SMILES string of the molecule is CC(C)[C@H](NC(=O)c1ccccc1)C(=O)NCc1cccnc1. The largest absolute Gasteiger partial charge is 0.350 e. The minimum absolute atomic E-state index is 0.0171. The van der Waals surface area contributed by atoms with Gasteiger partial charge >= 0.3 is 0 Å². The Hall–Kier alpha value is -2.69. The summed E-state index contributed by atoms with van der Waals surface area (Å²) in [6.07, 6.45) is 3.38. The fourth-order valence-electron chi connectivity index (χ4n) is 2.15. The molecule has 1 aromatic heterocycles. The third kappa shape index (κ3) is 4.92. The zero-order valence-corrected chi connectivity index (χ0v) is 13.3. The molecule has 120 valence electrons. The summed E-state index contributed by atoms with van der Waals surface area (Å²) in [6, 6.07) is 12.0. The first-order valence-corrected chi connectivity index (χ1v) is 7.60. The van der Waals surface area contributed by atoms with Crippen LogP contribution < -0.4 is 10.6 Å². The summed E-state index contributed by atoms with van der Waals surface area (Å²) in [5.41, 5.74) is 1.45.